The first kappa shape index (κ1) is 10.3. The molecule has 1 unspecified atom stereocenters. The van der Waals surface area contributed by atoms with Crippen LogP contribution in [0.3, 0.4) is 0 Å². The van der Waals surface area contributed by atoms with E-state index in [1.165, 1.54) is 0 Å². The molecule has 0 aliphatic heterocycles. The van der Waals surface area contributed by atoms with Crippen molar-refractivity contribution in [3.8, 4) is 5.75 Å². The largest absolute Gasteiger partial charge is 0.504 e. The SMILES string of the molecule is NC(CO)c1ccc2cc(Cl)oc2c1O. The summed E-state index contributed by atoms with van der Waals surface area (Å²) in [5, 5.41) is 19.6. The summed E-state index contributed by atoms with van der Waals surface area (Å²) in [6.07, 6.45) is 0. The summed E-state index contributed by atoms with van der Waals surface area (Å²) in [5.74, 6) is -0.0686. The fourth-order valence-corrected chi connectivity index (χ4v) is 1.66. The molecule has 0 amide bonds. The fourth-order valence-electron chi connectivity index (χ4n) is 1.47. The number of aromatic hydroxyl groups is 1. The number of aliphatic hydroxyl groups excluding tert-OH is 1. The number of phenolic OH excluding ortho intramolecular Hbond substituents is 1. The van der Waals surface area contributed by atoms with Crippen LogP contribution in [0.2, 0.25) is 5.22 Å². The van der Waals surface area contributed by atoms with E-state index in [4.69, 9.17) is 26.9 Å². The van der Waals surface area contributed by atoms with Crippen LogP contribution in [0.5, 0.6) is 5.75 Å². The van der Waals surface area contributed by atoms with Crippen LogP contribution < -0.4 is 5.73 Å². The van der Waals surface area contributed by atoms with Gasteiger partial charge < -0.3 is 20.4 Å². The van der Waals surface area contributed by atoms with Crippen LogP contribution in [0.4, 0.5) is 0 Å². The van der Waals surface area contributed by atoms with E-state index in [0.717, 1.165) is 0 Å². The van der Waals surface area contributed by atoms with E-state index in [0.29, 0.717) is 16.5 Å². The molecule has 1 heterocycles. The summed E-state index contributed by atoms with van der Waals surface area (Å²) in [6.45, 7) is -0.243. The molecule has 1 atom stereocenters. The van der Waals surface area contributed by atoms with Crippen molar-refractivity contribution in [3.63, 3.8) is 0 Å². The van der Waals surface area contributed by atoms with Crippen molar-refractivity contribution in [2.24, 2.45) is 5.73 Å². The minimum Gasteiger partial charge on any atom is -0.504 e. The maximum Gasteiger partial charge on any atom is 0.194 e. The van der Waals surface area contributed by atoms with Gasteiger partial charge >= 0.3 is 0 Å². The molecule has 0 fully saturated rings. The topological polar surface area (TPSA) is 79.6 Å². The number of halogens is 1. The van der Waals surface area contributed by atoms with E-state index < -0.39 is 6.04 Å². The van der Waals surface area contributed by atoms with Gasteiger partial charge in [0.1, 0.15) is 0 Å². The van der Waals surface area contributed by atoms with Gasteiger partial charge in [-0.3, -0.25) is 0 Å². The smallest absolute Gasteiger partial charge is 0.194 e. The number of benzene rings is 1. The van der Waals surface area contributed by atoms with Gasteiger partial charge in [-0.2, -0.15) is 0 Å². The summed E-state index contributed by atoms with van der Waals surface area (Å²) in [5.41, 5.74) is 6.34. The molecule has 0 saturated heterocycles. The van der Waals surface area contributed by atoms with Crippen molar-refractivity contribution >= 4 is 22.6 Å². The quantitative estimate of drug-likeness (QED) is 0.731. The maximum absolute atomic E-state index is 9.82. The summed E-state index contributed by atoms with van der Waals surface area (Å²) in [7, 11) is 0. The predicted octanol–water partition coefficient (Wildman–Crippen LogP) is 1.78. The molecule has 15 heavy (non-hydrogen) atoms. The van der Waals surface area contributed by atoms with E-state index in [1.54, 1.807) is 18.2 Å². The zero-order valence-corrected chi connectivity index (χ0v) is 8.53. The Bertz CT molecular complexity index is 495. The lowest BCUT2D eigenvalue weighted by Crippen LogP contribution is -2.14. The molecule has 0 spiro atoms. The average molecular weight is 228 g/mol. The molecule has 80 valence electrons. The Morgan fingerprint density at radius 2 is 2.20 bits per heavy atom. The zero-order chi connectivity index (χ0) is 11.0. The molecule has 0 radical (unpaired) electrons. The molecule has 4 N–H and O–H groups in total. The van der Waals surface area contributed by atoms with Crippen molar-refractivity contribution in [2.75, 3.05) is 6.61 Å². The highest BCUT2D eigenvalue weighted by molar-refractivity contribution is 6.29. The van der Waals surface area contributed by atoms with Gasteiger partial charge in [0.25, 0.3) is 0 Å². The predicted molar refractivity (Wildman–Crippen MR) is 56.9 cm³/mol. The van der Waals surface area contributed by atoms with Crippen molar-refractivity contribution in [3.05, 3.63) is 29.0 Å². The molecule has 2 aromatic rings. The third-order valence-electron chi connectivity index (χ3n) is 2.26. The summed E-state index contributed by atoms with van der Waals surface area (Å²) in [4.78, 5) is 0. The lowest BCUT2D eigenvalue weighted by atomic mass is 10.1. The first-order chi connectivity index (χ1) is 7.13. The Morgan fingerprint density at radius 3 is 2.87 bits per heavy atom. The van der Waals surface area contributed by atoms with Crippen LogP contribution in [-0.4, -0.2) is 16.8 Å². The van der Waals surface area contributed by atoms with Gasteiger partial charge in [0.15, 0.2) is 16.6 Å². The van der Waals surface area contributed by atoms with E-state index in [2.05, 4.69) is 0 Å². The normalized spacial score (nSPS) is 13.3. The van der Waals surface area contributed by atoms with E-state index >= 15 is 0 Å². The summed E-state index contributed by atoms with van der Waals surface area (Å²) in [6, 6.07) is 4.35. The van der Waals surface area contributed by atoms with Gasteiger partial charge in [0.2, 0.25) is 0 Å². The summed E-state index contributed by atoms with van der Waals surface area (Å²) >= 11 is 5.66. The highest BCUT2D eigenvalue weighted by atomic mass is 35.5. The molecule has 0 saturated carbocycles. The highest BCUT2D eigenvalue weighted by Gasteiger charge is 2.15. The first-order valence-electron chi connectivity index (χ1n) is 4.41. The van der Waals surface area contributed by atoms with Gasteiger partial charge in [-0.25, -0.2) is 0 Å². The van der Waals surface area contributed by atoms with Crippen LogP contribution in [0.25, 0.3) is 11.0 Å². The first-order valence-corrected chi connectivity index (χ1v) is 4.78. The van der Waals surface area contributed by atoms with Gasteiger partial charge in [-0.1, -0.05) is 12.1 Å². The average Bonchev–Trinajstić information content (AvgIpc) is 2.59. The van der Waals surface area contributed by atoms with Crippen molar-refractivity contribution in [1.82, 2.24) is 0 Å². The van der Waals surface area contributed by atoms with Crippen molar-refractivity contribution in [2.45, 2.75) is 6.04 Å². The Morgan fingerprint density at radius 1 is 1.47 bits per heavy atom. The fraction of sp³-hybridized carbons (Fsp3) is 0.200. The minimum atomic E-state index is -0.627. The van der Waals surface area contributed by atoms with Crippen LogP contribution in [0.1, 0.15) is 11.6 Å². The van der Waals surface area contributed by atoms with Crippen LogP contribution in [-0.2, 0) is 0 Å². The Kier molecular flexibility index (Phi) is 2.56. The Balaban J connectivity index is 2.64. The van der Waals surface area contributed by atoms with Crippen molar-refractivity contribution in [1.29, 1.82) is 0 Å². The van der Waals surface area contributed by atoms with Crippen LogP contribution >= 0.6 is 11.6 Å². The number of phenols is 1. The number of rotatable bonds is 2. The minimum absolute atomic E-state index is 0.0686. The van der Waals surface area contributed by atoms with Gasteiger partial charge in [-0.15, -0.1) is 0 Å². The molecular formula is C10H10ClNO3. The Labute approximate surface area is 90.9 Å². The number of aliphatic hydroxyl groups is 1. The summed E-state index contributed by atoms with van der Waals surface area (Å²) < 4.78 is 5.11. The second-order valence-corrected chi connectivity index (χ2v) is 3.63. The monoisotopic (exact) mass is 227 g/mol. The van der Waals surface area contributed by atoms with Gasteiger partial charge in [0, 0.05) is 17.0 Å². The van der Waals surface area contributed by atoms with Crippen LogP contribution in [0, 0.1) is 0 Å². The Hall–Kier alpha value is -1.23. The highest BCUT2D eigenvalue weighted by Crippen LogP contribution is 2.34. The lowest BCUT2D eigenvalue weighted by molar-refractivity contribution is 0.265. The zero-order valence-electron chi connectivity index (χ0n) is 7.77. The number of furan rings is 1. The van der Waals surface area contributed by atoms with E-state index in [1.807, 2.05) is 0 Å². The molecule has 0 aliphatic carbocycles. The van der Waals surface area contributed by atoms with Gasteiger partial charge in [0.05, 0.1) is 12.6 Å². The second-order valence-electron chi connectivity index (χ2n) is 3.26. The van der Waals surface area contributed by atoms with Crippen LogP contribution in [0.15, 0.2) is 22.6 Å². The molecule has 0 aliphatic rings. The molecule has 5 heteroatoms. The van der Waals surface area contributed by atoms with Crippen molar-refractivity contribution < 1.29 is 14.6 Å². The molecule has 2 rings (SSSR count). The number of hydrogen-bond acceptors (Lipinski definition) is 4. The lowest BCUT2D eigenvalue weighted by Gasteiger charge is -2.10. The van der Waals surface area contributed by atoms with E-state index in [-0.39, 0.29) is 17.6 Å². The van der Waals surface area contributed by atoms with E-state index in [9.17, 15) is 5.11 Å². The third-order valence-corrected chi connectivity index (χ3v) is 2.44. The standard InChI is InChI=1S/C10H10ClNO3/c11-8-3-5-1-2-6(7(12)4-13)9(14)10(5)15-8/h1-3,7,13-14H,4,12H2. The third kappa shape index (κ3) is 1.67. The maximum atomic E-state index is 9.82. The molecular weight excluding hydrogens is 218 g/mol. The van der Waals surface area contributed by atoms with Gasteiger partial charge in [-0.05, 0) is 11.6 Å². The molecule has 0 bridgehead atoms. The molecule has 1 aromatic heterocycles. The molecule has 4 nitrogen and oxygen atoms in total. The molecule has 1 aromatic carbocycles. The number of fused-ring (bicyclic) bond motifs is 1. The number of nitrogens with two attached hydrogens (primary N) is 1. The number of hydrogen-bond donors (Lipinski definition) is 3. The second kappa shape index (κ2) is 3.73.